The zero-order valence-corrected chi connectivity index (χ0v) is 21.6. The number of hydrogen-bond acceptors (Lipinski definition) is 4. The van der Waals surface area contributed by atoms with Crippen molar-refractivity contribution in [3.63, 3.8) is 0 Å². The molecule has 3 heterocycles. The van der Waals surface area contributed by atoms with E-state index in [2.05, 4.69) is 26.4 Å². The van der Waals surface area contributed by atoms with Crippen molar-refractivity contribution in [3.05, 3.63) is 83.3 Å². The number of fused-ring (bicyclic) bond motifs is 2. The second kappa shape index (κ2) is 9.20. The molecule has 8 heteroatoms. The predicted octanol–water partition coefficient (Wildman–Crippen LogP) is 5.56. The van der Waals surface area contributed by atoms with Crippen molar-refractivity contribution in [2.45, 2.75) is 37.1 Å². The van der Waals surface area contributed by atoms with E-state index in [1.165, 1.54) is 24.7 Å². The molecule has 0 saturated carbocycles. The predicted molar refractivity (Wildman–Crippen MR) is 144 cm³/mol. The van der Waals surface area contributed by atoms with Crippen LogP contribution in [0.15, 0.2) is 70.6 Å². The Bertz CT molecular complexity index is 1630. The number of sulfonamides is 1. The van der Waals surface area contributed by atoms with Crippen LogP contribution in [0.3, 0.4) is 0 Å². The van der Waals surface area contributed by atoms with E-state index in [-0.39, 0.29) is 16.6 Å². The van der Waals surface area contributed by atoms with Crippen molar-refractivity contribution in [2.75, 3.05) is 20.3 Å². The van der Waals surface area contributed by atoms with Crippen molar-refractivity contribution in [3.8, 4) is 16.8 Å². The zero-order valence-electron chi connectivity index (χ0n) is 20.8. The second-order valence-electron chi connectivity index (χ2n) is 9.62. The highest BCUT2D eigenvalue weighted by Crippen LogP contribution is 2.45. The highest BCUT2D eigenvalue weighted by atomic mass is 32.2. The Balaban J connectivity index is 1.68. The fourth-order valence-corrected chi connectivity index (χ4v) is 6.33. The molecule has 6 nitrogen and oxygen atoms in total. The average molecular weight is 518 g/mol. The number of nitrogens with zero attached hydrogens (tertiary/aromatic N) is 2. The molecule has 0 unspecified atom stereocenters. The van der Waals surface area contributed by atoms with E-state index in [1.54, 1.807) is 12.1 Å². The topological polar surface area (TPSA) is 72.7 Å². The Morgan fingerprint density at radius 1 is 1.03 bits per heavy atom. The largest absolute Gasteiger partial charge is 0.381 e. The molecule has 0 atom stereocenters. The summed E-state index contributed by atoms with van der Waals surface area (Å²) in [4.78, 5) is 4.87. The molecular formula is C29H28FN3O3S. The van der Waals surface area contributed by atoms with Crippen LogP contribution in [0.5, 0.6) is 0 Å². The van der Waals surface area contributed by atoms with Crippen LogP contribution >= 0.6 is 0 Å². The molecular weight excluding hydrogens is 489 g/mol. The number of benzene rings is 3. The zero-order chi connectivity index (χ0) is 25.7. The van der Waals surface area contributed by atoms with Crippen molar-refractivity contribution in [1.82, 2.24) is 9.29 Å². The van der Waals surface area contributed by atoms with Gasteiger partial charge in [0.1, 0.15) is 5.82 Å². The van der Waals surface area contributed by atoms with E-state index in [0.29, 0.717) is 19.8 Å². The van der Waals surface area contributed by atoms with Gasteiger partial charge in [-0.05, 0) is 86.5 Å². The Hall–Kier alpha value is -3.33. The lowest BCUT2D eigenvalue weighted by molar-refractivity contribution is 0.0843. The summed E-state index contributed by atoms with van der Waals surface area (Å²) in [6, 6.07) is 18.1. The molecule has 2 aliphatic heterocycles. The number of rotatable bonds is 5. The number of halogens is 1. The van der Waals surface area contributed by atoms with Crippen molar-refractivity contribution < 1.29 is 17.5 Å². The summed E-state index contributed by atoms with van der Waals surface area (Å²) in [7, 11) is -2.14. The smallest absolute Gasteiger partial charge is 0.240 e. The number of hydrogen-bond donors (Lipinski definition) is 1. The van der Waals surface area contributed by atoms with E-state index < -0.39 is 10.0 Å². The van der Waals surface area contributed by atoms with Crippen molar-refractivity contribution in [1.29, 1.82) is 0 Å². The lowest BCUT2D eigenvalue weighted by Crippen LogP contribution is -2.18. The number of ether oxygens (including phenoxy) is 1. The molecule has 0 bridgehead atoms. The fraction of sp³-hybridized carbons (Fsp3) is 0.276. The van der Waals surface area contributed by atoms with E-state index >= 15 is 0 Å². The molecule has 6 rings (SSSR count). The first kappa shape index (κ1) is 24.0. The molecule has 0 amide bonds. The van der Waals surface area contributed by atoms with Gasteiger partial charge < -0.3 is 9.30 Å². The van der Waals surface area contributed by atoms with Gasteiger partial charge in [0.2, 0.25) is 10.0 Å². The maximum Gasteiger partial charge on any atom is 0.240 e. The molecule has 0 radical (unpaired) electrons. The first-order valence-electron chi connectivity index (χ1n) is 12.5. The van der Waals surface area contributed by atoms with Gasteiger partial charge in [-0.15, -0.1) is 0 Å². The molecule has 37 heavy (non-hydrogen) atoms. The Labute approximate surface area is 215 Å². The Morgan fingerprint density at radius 2 is 1.73 bits per heavy atom. The van der Waals surface area contributed by atoms with Crippen LogP contribution in [-0.2, 0) is 21.3 Å². The minimum atomic E-state index is -3.55. The van der Waals surface area contributed by atoms with Gasteiger partial charge in [-0.2, -0.15) is 0 Å². The first-order chi connectivity index (χ1) is 17.9. The van der Waals surface area contributed by atoms with Gasteiger partial charge in [0.15, 0.2) is 0 Å². The van der Waals surface area contributed by atoms with Crippen LogP contribution in [0.25, 0.3) is 27.7 Å². The quantitative estimate of drug-likeness (QED) is 0.377. The summed E-state index contributed by atoms with van der Waals surface area (Å²) >= 11 is 0. The molecule has 1 saturated heterocycles. The normalized spacial score (nSPS) is 16.2. The van der Waals surface area contributed by atoms with Crippen LogP contribution in [0, 0.1) is 5.82 Å². The summed E-state index contributed by atoms with van der Waals surface area (Å²) in [5.74, 6) is -0.0511. The van der Waals surface area contributed by atoms with Crippen molar-refractivity contribution >= 4 is 26.6 Å². The number of aliphatic imine (C=N–C) groups is 1. The van der Waals surface area contributed by atoms with Crippen molar-refractivity contribution in [2.24, 2.45) is 4.99 Å². The summed E-state index contributed by atoms with van der Waals surface area (Å²) < 4.78 is 49.0. The number of aromatic nitrogens is 1. The third-order valence-electron chi connectivity index (χ3n) is 7.52. The lowest BCUT2D eigenvalue weighted by Gasteiger charge is -2.26. The molecule has 2 aliphatic rings. The SMILES string of the molecule is CNS(=O)(=O)c1ccc(-c2c(C3CCOCC3)n(-c3ccc(F)cc3)c3cc4c(cc23)CN=C4C)cc1. The monoisotopic (exact) mass is 517 g/mol. The average Bonchev–Trinajstić information content (AvgIpc) is 3.45. The van der Waals surface area contributed by atoms with E-state index in [1.807, 2.05) is 31.2 Å². The third-order valence-corrected chi connectivity index (χ3v) is 8.95. The maximum absolute atomic E-state index is 13.9. The highest BCUT2D eigenvalue weighted by molar-refractivity contribution is 7.89. The molecule has 1 fully saturated rings. The van der Waals surface area contributed by atoms with Gasteiger partial charge in [-0.25, -0.2) is 17.5 Å². The number of nitrogens with one attached hydrogen (secondary N) is 1. The van der Waals surface area contributed by atoms with Crippen LogP contribution in [-0.4, -0.2) is 39.0 Å². The van der Waals surface area contributed by atoms with Crippen LogP contribution in [0.4, 0.5) is 4.39 Å². The lowest BCUT2D eigenvalue weighted by atomic mass is 9.89. The van der Waals surface area contributed by atoms with E-state index in [0.717, 1.165) is 57.5 Å². The van der Waals surface area contributed by atoms with Crippen LogP contribution in [0.2, 0.25) is 0 Å². The van der Waals surface area contributed by atoms with E-state index in [4.69, 9.17) is 4.74 Å². The highest BCUT2D eigenvalue weighted by Gasteiger charge is 2.29. The van der Waals surface area contributed by atoms with E-state index in [9.17, 15) is 12.8 Å². The summed E-state index contributed by atoms with van der Waals surface area (Å²) in [5.41, 5.74) is 8.41. The minimum absolute atomic E-state index is 0.221. The first-order valence-corrected chi connectivity index (χ1v) is 14.0. The fourth-order valence-electron chi connectivity index (χ4n) is 5.60. The summed E-state index contributed by atoms with van der Waals surface area (Å²) in [5, 5.41) is 1.08. The van der Waals surface area contributed by atoms with Crippen LogP contribution in [0.1, 0.15) is 42.5 Å². The van der Waals surface area contributed by atoms with Crippen LogP contribution < -0.4 is 4.72 Å². The minimum Gasteiger partial charge on any atom is -0.381 e. The molecule has 0 aliphatic carbocycles. The molecule has 1 N–H and O–H groups in total. The Kier molecular flexibility index (Phi) is 5.98. The Morgan fingerprint density at radius 3 is 2.41 bits per heavy atom. The molecule has 4 aromatic rings. The second-order valence-corrected chi connectivity index (χ2v) is 11.5. The summed E-state index contributed by atoms with van der Waals surface area (Å²) in [6.45, 7) is 4.03. The van der Waals surface area contributed by atoms with Gasteiger partial charge in [0.05, 0.1) is 17.0 Å². The molecule has 3 aromatic carbocycles. The third kappa shape index (κ3) is 4.09. The molecule has 1 aromatic heterocycles. The van der Waals surface area contributed by atoms with Gasteiger partial charge >= 0.3 is 0 Å². The maximum atomic E-state index is 13.9. The van der Waals surface area contributed by atoms with Gasteiger partial charge in [-0.3, -0.25) is 4.99 Å². The van der Waals surface area contributed by atoms with Gasteiger partial charge in [0, 0.05) is 52.7 Å². The molecule has 0 spiro atoms. The van der Waals surface area contributed by atoms with Gasteiger partial charge in [0.25, 0.3) is 0 Å². The standard InChI is InChI=1S/C29H28FN3O3S/c1-18-25-16-27-26(15-21(25)17-32-18)28(19-3-9-24(10-4-19)37(34,35)31-2)29(20-11-13-36-14-12-20)33(27)23-7-5-22(30)6-8-23/h3-10,15-16,20,31H,11-14,17H2,1-2H3. The van der Waals surface area contributed by atoms with Gasteiger partial charge in [-0.1, -0.05) is 12.1 Å². The summed E-state index contributed by atoms with van der Waals surface area (Å²) in [6.07, 6.45) is 1.74. The molecule has 190 valence electrons.